The summed E-state index contributed by atoms with van der Waals surface area (Å²) in [6.45, 7) is 1.39. The second kappa shape index (κ2) is 7.77. The van der Waals surface area contributed by atoms with E-state index in [4.69, 9.17) is 5.84 Å². The molecule has 0 aliphatic carbocycles. The molecule has 0 radical (unpaired) electrons. The molecular weight excluding hydrogens is 308 g/mol. The molecule has 124 valence electrons. The second-order valence-electron chi connectivity index (χ2n) is 5.12. The lowest BCUT2D eigenvalue weighted by molar-refractivity contribution is -0.138. The van der Waals surface area contributed by atoms with Gasteiger partial charge in [0.05, 0.1) is 6.21 Å². The molecule has 0 bridgehead atoms. The summed E-state index contributed by atoms with van der Waals surface area (Å²) in [5.74, 6) is 3.85. The Morgan fingerprint density at radius 1 is 1.17 bits per heavy atom. The van der Waals surface area contributed by atoms with Crippen molar-refractivity contribution in [2.45, 2.75) is 13.0 Å². The number of nitrogens with two attached hydrogens (primary N) is 1. The van der Waals surface area contributed by atoms with Crippen LogP contribution in [-0.4, -0.2) is 23.2 Å². The van der Waals surface area contributed by atoms with Crippen LogP contribution >= 0.6 is 0 Å². The van der Waals surface area contributed by atoms with E-state index in [-0.39, 0.29) is 5.91 Å². The average molecular weight is 326 g/mol. The molecular formula is C17H18N4O3. The smallest absolute Gasteiger partial charge is 0.330 e. The number of rotatable bonds is 6. The van der Waals surface area contributed by atoms with Crippen molar-refractivity contribution in [3.05, 3.63) is 59.7 Å². The van der Waals surface area contributed by atoms with Gasteiger partial charge in [-0.1, -0.05) is 24.3 Å². The van der Waals surface area contributed by atoms with E-state index in [2.05, 4.69) is 15.7 Å². The van der Waals surface area contributed by atoms with Crippen LogP contribution in [0.1, 0.15) is 24.1 Å². The van der Waals surface area contributed by atoms with Crippen LogP contribution in [0.3, 0.4) is 0 Å². The molecule has 7 heteroatoms. The van der Waals surface area contributed by atoms with E-state index in [1.165, 1.54) is 13.1 Å². The van der Waals surface area contributed by atoms with Crippen LogP contribution in [0.5, 0.6) is 0 Å². The topological polar surface area (TPSA) is 117 Å². The summed E-state index contributed by atoms with van der Waals surface area (Å²) in [7, 11) is 0. The van der Waals surface area contributed by atoms with Gasteiger partial charge in [-0.25, -0.2) is 4.79 Å². The van der Waals surface area contributed by atoms with E-state index in [1.807, 2.05) is 0 Å². The molecule has 1 amide bonds. The van der Waals surface area contributed by atoms with Crippen LogP contribution in [0.25, 0.3) is 0 Å². The van der Waals surface area contributed by atoms with Crippen molar-refractivity contribution in [2.24, 2.45) is 10.9 Å². The van der Waals surface area contributed by atoms with Crippen molar-refractivity contribution in [1.82, 2.24) is 0 Å². The predicted molar refractivity (Wildman–Crippen MR) is 93.0 cm³/mol. The highest BCUT2D eigenvalue weighted by Crippen LogP contribution is 2.23. The van der Waals surface area contributed by atoms with Crippen molar-refractivity contribution in [3.63, 3.8) is 0 Å². The molecule has 0 heterocycles. The quantitative estimate of drug-likeness (QED) is 0.369. The highest BCUT2D eigenvalue weighted by atomic mass is 16.4. The summed E-state index contributed by atoms with van der Waals surface area (Å²) in [5.41, 5.74) is 2.52. The molecule has 24 heavy (non-hydrogen) atoms. The molecule has 0 spiro atoms. The van der Waals surface area contributed by atoms with E-state index in [1.54, 1.807) is 48.5 Å². The predicted octanol–water partition coefficient (Wildman–Crippen LogP) is 2.18. The standard InChI is InChI=1S/C17H18N4O3/c1-11(22)20-15-4-2-3-13(9-15)16(17(23)24)21-14-7-5-12(6-8-14)10-19-18/h2-10,16,21H,18H2,1H3,(H,20,22)(H,23,24). The lowest BCUT2D eigenvalue weighted by Crippen LogP contribution is -2.20. The Hall–Kier alpha value is -3.35. The van der Waals surface area contributed by atoms with Crippen LogP contribution in [0, 0.1) is 0 Å². The second-order valence-corrected chi connectivity index (χ2v) is 5.12. The fourth-order valence-corrected chi connectivity index (χ4v) is 2.21. The number of carbonyl (C=O) groups excluding carboxylic acids is 1. The Kier molecular flexibility index (Phi) is 5.51. The van der Waals surface area contributed by atoms with E-state index in [0.29, 0.717) is 16.9 Å². The SMILES string of the molecule is CC(=O)Nc1cccc(C(Nc2ccc(C=NN)cc2)C(=O)O)c1. The first kappa shape index (κ1) is 17.0. The summed E-state index contributed by atoms with van der Waals surface area (Å²) in [5, 5.41) is 18.5. The number of carbonyl (C=O) groups is 2. The van der Waals surface area contributed by atoms with Crippen LogP contribution in [0.4, 0.5) is 11.4 Å². The third-order valence-electron chi connectivity index (χ3n) is 3.23. The average Bonchev–Trinajstić information content (AvgIpc) is 2.53. The molecule has 0 saturated carbocycles. The minimum atomic E-state index is -1.03. The van der Waals surface area contributed by atoms with Crippen molar-refractivity contribution in [1.29, 1.82) is 0 Å². The lowest BCUT2D eigenvalue weighted by atomic mass is 10.1. The summed E-state index contributed by atoms with van der Waals surface area (Å²) < 4.78 is 0. The number of aliphatic carboxylic acids is 1. The Labute approximate surface area is 139 Å². The molecule has 0 aliphatic rings. The maximum absolute atomic E-state index is 11.6. The van der Waals surface area contributed by atoms with Gasteiger partial charge in [-0.2, -0.15) is 5.10 Å². The third-order valence-corrected chi connectivity index (χ3v) is 3.23. The Morgan fingerprint density at radius 3 is 2.46 bits per heavy atom. The number of nitrogens with one attached hydrogen (secondary N) is 2. The van der Waals surface area contributed by atoms with Gasteiger partial charge in [0.1, 0.15) is 0 Å². The van der Waals surface area contributed by atoms with Gasteiger partial charge in [-0.3, -0.25) is 4.79 Å². The minimum Gasteiger partial charge on any atom is -0.479 e. The van der Waals surface area contributed by atoms with Crippen LogP contribution in [0.2, 0.25) is 0 Å². The molecule has 1 unspecified atom stereocenters. The summed E-state index contributed by atoms with van der Waals surface area (Å²) >= 11 is 0. The van der Waals surface area contributed by atoms with Crippen LogP contribution in [-0.2, 0) is 9.59 Å². The van der Waals surface area contributed by atoms with E-state index < -0.39 is 12.0 Å². The van der Waals surface area contributed by atoms with Gasteiger partial charge >= 0.3 is 5.97 Å². The maximum atomic E-state index is 11.6. The molecule has 2 aromatic carbocycles. The van der Waals surface area contributed by atoms with Gasteiger partial charge in [-0.05, 0) is 35.4 Å². The van der Waals surface area contributed by atoms with Gasteiger partial charge < -0.3 is 21.6 Å². The number of anilines is 2. The molecule has 2 rings (SSSR count). The number of amides is 1. The number of hydrogen-bond acceptors (Lipinski definition) is 5. The molecule has 7 nitrogen and oxygen atoms in total. The molecule has 0 aliphatic heterocycles. The molecule has 5 N–H and O–H groups in total. The van der Waals surface area contributed by atoms with Crippen molar-refractivity contribution < 1.29 is 14.7 Å². The van der Waals surface area contributed by atoms with Crippen molar-refractivity contribution in [3.8, 4) is 0 Å². The first-order valence-corrected chi connectivity index (χ1v) is 7.20. The van der Waals surface area contributed by atoms with Gasteiger partial charge in [-0.15, -0.1) is 0 Å². The maximum Gasteiger partial charge on any atom is 0.330 e. The first-order valence-electron chi connectivity index (χ1n) is 7.20. The number of carboxylic acids is 1. The fourth-order valence-electron chi connectivity index (χ4n) is 2.21. The molecule has 0 aromatic heterocycles. The highest BCUT2D eigenvalue weighted by Gasteiger charge is 2.20. The van der Waals surface area contributed by atoms with Gasteiger partial charge in [0, 0.05) is 18.3 Å². The van der Waals surface area contributed by atoms with E-state index >= 15 is 0 Å². The zero-order chi connectivity index (χ0) is 17.5. The normalized spacial score (nSPS) is 11.9. The van der Waals surface area contributed by atoms with Gasteiger partial charge in [0.25, 0.3) is 0 Å². The first-order chi connectivity index (χ1) is 11.5. The molecule has 2 aromatic rings. The van der Waals surface area contributed by atoms with Crippen molar-refractivity contribution >= 4 is 29.5 Å². The number of hydrogen-bond donors (Lipinski definition) is 4. The van der Waals surface area contributed by atoms with E-state index in [0.717, 1.165) is 5.56 Å². The fraction of sp³-hybridized carbons (Fsp3) is 0.118. The Morgan fingerprint density at radius 2 is 1.88 bits per heavy atom. The zero-order valence-electron chi connectivity index (χ0n) is 13.1. The third kappa shape index (κ3) is 4.57. The van der Waals surface area contributed by atoms with Crippen LogP contribution < -0.4 is 16.5 Å². The summed E-state index contributed by atoms with van der Waals surface area (Å²) in [6, 6.07) is 12.8. The lowest BCUT2D eigenvalue weighted by Gasteiger charge is -2.17. The Balaban J connectivity index is 2.23. The number of hydrazone groups is 1. The minimum absolute atomic E-state index is 0.218. The zero-order valence-corrected chi connectivity index (χ0v) is 13.1. The monoisotopic (exact) mass is 326 g/mol. The van der Waals surface area contributed by atoms with Crippen molar-refractivity contribution in [2.75, 3.05) is 10.6 Å². The molecule has 0 saturated heterocycles. The van der Waals surface area contributed by atoms with E-state index in [9.17, 15) is 14.7 Å². The number of carboxylic acid groups (broad SMARTS) is 1. The van der Waals surface area contributed by atoms with Crippen LogP contribution in [0.15, 0.2) is 53.6 Å². The van der Waals surface area contributed by atoms with Gasteiger partial charge in [0.15, 0.2) is 6.04 Å². The summed E-state index contributed by atoms with van der Waals surface area (Å²) in [6.07, 6.45) is 1.50. The largest absolute Gasteiger partial charge is 0.479 e. The molecule has 1 atom stereocenters. The van der Waals surface area contributed by atoms with Gasteiger partial charge in [0.2, 0.25) is 5.91 Å². The summed E-state index contributed by atoms with van der Waals surface area (Å²) in [4.78, 5) is 22.8. The number of benzene rings is 2. The Bertz CT molecular complexity index is 757. The molecule has 0 fully saturated rings. The highest BCUT2D eigenvalue weighted by molar-refractivity contribution is 5.89. The number of nitrogens with zero attached hydrogens (tertiary/aromatic N) is 1.